The number of halogens is 2. The zero-order valence-electron chi connectivity index (χ0n) is 10.6. The Hall–Kier alpha value is 0.471. The van der Waals surface area contributed by atoms with E-state index in [1.807, 2.05) is 0 Å². The molecule has 0 aromatic rings. The van der Waals surface area contributed by atoms with Crippen LogP contribution in [-0.4, -0.2) is 8.07 Å². The van der Waals surface area contributed by atoms with Gasteiger partial charge in [-0.15, -0.1) is 0 Å². The first kappa shape index (κ1) is 16.5. The summed E-state index contributed by atoms with van der Waals surface area (Å²) in [7, 11) is -0.968. The number of allylic oxidation sites excluding steroid dienone is 8. The first-order valence-corrected chi connectivity index (χ1v) is 10.7. The maximum atomic E-state index is 2.64. The van der Waals surface area contributed by atoms with Gasteiger partial charge in [0.1, 0.15) is 0 Å². The van der Waals surface area contributed by atoms with Crippen LogP contribution in [0.3, 0.4) is 0 Å². The van der Waals surface area contributed by atoms with Crippen LogP contribution in [0.1, 0.15) is 12.8 Å². The minimum absolute atomic E-state index is 0. The van der Waals surface area contributed by atoms with Gasteiger partial charge in [0.05, 0.1) is 0 Å². The molecule has 96 valence electrons. The van der Waals surface area contributed by atoms with Crippen LogP contribution < -0.4 is 24.8 Å². The molecule has 0 amide bonds. The van der Waals surface area contributed by atoms with Crippen LogP contribution >= 0.6 is 0 Å². The van der Waals surface area contributed by atoms with E-state index in [0.29, 0.717) is 3.34 Å². The fourth-order valence-corrected chi connectivity index (χ4v) is 11.8. The monoisotopic (exact) mass is 332 g/mol. The van der Waals surface area contributed by atoms with Crippen molar-refractivity contribution in [2.24, 2.45) is 0 Å². The van der Waals surface area contributed by atoms with Gasteiger partial charge in [0.25, 0.3) is 0 Å². The molecule has 1 aliphatic heterocycles. The summed E-state index contributed by atoms with van der Waals surface area (Å²) in [4.78, 5) is 0. The van der Waals surface area contributed by atoms with Gasteiger partial charge in [-0.05, 0) is 0 Å². The second-order valence-electron chi connectivity index (χ2n) is 5.45. The maximum absolute atomic E-state index is 2.64. The molecule has 3 aliphatic rings. The van der Waals surface area contributed by atoms with Crippen molar-refractivity contribution in [2.45, 2.75) is 34.8 Å². The van der Waals surface area contributed by atoms with Gasteiger partial charge in [-0.1, -0.05) is 0 Å². The van der Waals surface area contributed by atoms with Crippen molar-refractivity contribution in [2.75, 3.05) is 0 Å². The molecular formula is C14H18Cl2SiTi. The molecule has 0 radical (unpaired) electrons. The Balaban J connectivity index is 0.000000810. The van der Waals surface area contributed by atoms with Gasteiger partial charge in [0.15, 0.2) is 0 Å². The molecule has 0 unspecified atom stereocenters. The van der Waals surface area contributed by atoms with E-state index in [1.165, 1.54) is 12.8 Å². The van der Waals surface area contributed by atoms with Crippen LogP contribution in [0.25, 0.3) is 0 Å². The Labute approximate surface area is 132 Å². The smallest absolute Gasteiger partial charge is 1.00 e. The second kappa shape index (κ2) is 6.28. The van der Waals surface area contributed by atoms with Gasteiger partial charge in [-0.3, -0.25) is 0 Å². The number of rotatable bonds is 3. The third kappa shape index (κ3) is 2.66. The Morgan fingerprint density at radius 1 is 1.11 bits per heavy atom. The van der Waals surface area contributed by atoms with Crippen molar-refractivity contribution in [1.82, 2.24) is 0 Å². The summed E-state index contributed by atoms with van der Waals surface area (Å²) < 4.78 is 2.35. The van der Waals surface area contributed by atoms with Crippen LogP contribution in [0.15, 0.2) is 46.4 Å². The van der Waals surface area contributed by atoms with Crippen LogP contribution in [0, 0.1) is 0 Å². The van der Waals surface area contributed by atoms with E-state index >= 15 is 0 Å². The standard InChI is InChI=1S/C9H13Si.C5H5.2ClH.Ti/c1-10(7-4-8-10)9-5-2-3-6-9;1-2-4-5-3-1;;;/h2-3,5-6H,4,7-8H2,1H3;1-3H,4H2;2*1H;/q;;;;+2/p-2. The zero-order valence-corrected chi connectivity index (χ0v) is 14.7. The van der Waals surface area contributed by atoms with E-state index in [4.69, 9.17) is 0 Å². The van der Waals surface area contributed by atoms with Gasteiger partial charge >= 0.3 is 108 Å². The number of hydrogen-bond acceptors (Lipinski definition) is 0. The average Bonchev–Trinajstić information content (AvgIpc) is 2.87. The second-order valence-corrected chi connectivity index (χ2v) is 13.9. The molecule has 0 atom stereocenters. The van der Waals surface area contributed by atoms with Crippen molar-refractivity contribution in [3.05, 3.63) is 46.4 Å². The molecule has 0 saturated carbocycles. The van der Waals surface area contributed by atoms with E-state index in [1.54, 1.807) is 16.0 Å². The summed E-state index contributed by atoms with van der Waals surface area (Å²) in [6.07, 6.45) is 19.4. The van der Waals surface area contributed by atoms with Gasteiger partial charge in [0, 0.05) is 0 Å². The molecule has 0 N–H and O–H groups in total. The molecule has 0 nitrogen and oxygen atoms in total. The van der Waals surface area contributed by atoms with E-state index in [9.17, 15) is 0 Å². The normalized spacial score (nSPS) is 24.6. The molecule has 0 aromatic heterocycles. The molecule has 2 aliphatic carbocycles. The summed E-state index contributed by atoms with van der Waals surface area (Å²) in [6.45, 7) is 2.64. The van der Waals surface area contributed by atoms with Gasteiger partial charge in [-0.25, -0.2) is 0 Å². The van der Waals surface area contributed by atoms with Crippen molar-refractivity contribution < 1.29 is 44.0 Å². The molecule has 3 rings (SSSR count). The Morgan fingerprint density at radius 3 is 2.22 bits per heavy atom. The average molecular weight is 333 g/mol. The summed E-state index contributed by atoms with van der Waals surface area (Å²) in [5.41, 5.74) is 0. The fraction of sp³-hybridized carbons (Fsp3) is 0.429. The van der Waals surface area contributed by atoms with E-state index in [0.717, 1.165) is 0 Å². The predicted molar refractivity (Wildman–Crippen MR) is 68.7 cm³/mol. The van der Waals surface area contributed by atoms with Gasteiger partial charge in [-0.2, -0.15) is 0 Å². The molecule has 0 bridgehead atoms. The van der Waals surface area contributed by atoms with Crippen LogP contribution in [0.2, 0.25) is 22.0 Å². The van der Waals surface area contributed by atoms with E-state index < -0.39 is 8.07 Å². The SMILES string of the molecule is C[Si]1([C]2([Ti+2][C]3=CC=CC3)C=CC=C2)CCC1.[Cl-].[Cl-]. The molecule has 1 fully saturated rings. The van der Waals surface area contributed by atoms with E-state index in [2.05, 4.69) is 49.1 Å². The minimum atomic E-state index is -0.968. The van der Waals surface area contributed by atoms with Gasteiger partial charge < -0.3 is 24.8 Å². The predicted octanol–water partition coefficient (Wildman–Crippen LogP) is -1.77. The first-order chi connectivity index (χ1) is 7.74. The first-order valence-electron chi connectivity index (χ1n) is 6.25. The molecule has 4 heteroatoms. The Bertz CT molecular complexity index is 408. The largest absolute Gasteiger partial charge is 1.00 e. The molecule has 1 heterocycles. The molecular weight excluding hydrogens is 315 g/mol. The Kier molecular flexibility index (Phi) is 5.77. The molecule has 1 saturated heterocycles. The van der Waals surface area contributed by atoms with E-state index in [-0.39, 0.29) is 44.0 Å². The third-order valence-electron chi connectivity index (χ3n) is 4.42. The third-order valence-corrected chi connectivity index (χ3v) is 15.3. The molecule has 18 heavy (non-hydrogen) atoms. The zero-order chi connectivity index (χ0) is 11.1. The molecule has 0 aromatic carbocycles. The van der Waals surface area contributed by atoms with Gasteiger partial charge in [0.2, 0.25) is 0 Å². The minimum Gasteiger partial charge on any atom is -1.00 e. The fourth-order valence-electron chi connectivity index (χ4n) is 3.03. The Morgan fingerprint density at radius 2 is 1.78 bits per heavy atom. The van der Waals surface area contributed by atoms with Crippen molar-refractivity contribution >= 4 is 8.07 Å². The summed E-state index contributed by atoms with van der Waals surface area (Å²) in [5.74, 6) is 0. The molecule has 0 spiro atoms. The topological polar surface area (TPSA) is 0 Å². The van der Waals surface area contributed by atoms with Crippen LogP contribution in [0.5, 0.6) is 0 Å². The summed E-state index contributed by atoms with van der Waals surface area (Å²) in [5, 5.41) is 0. The number of hydrogen-bond donors (Lipinski definition) is 0. The van der Waals surface area contributed by atoms with Crippen molar-refractivity contribution in [1.29, 1.82) is 0 Å². The summed E-state index contributed by atoms with van der Waals surface area (Å²) in [6, 6.07) is 3.12. The summed E-state index contributed by atoms with van der Waals surface area (Å²) >= 11 is 0.0209. The quantitative estimate of drug-likeness (QED) is 0.536. The van der Waals surface area contributed by atoms with Crippen molar-refractivity contribution in [3.63, 3.8) is 0 Å². The maximum Gasteiger partial charge on any atom is -1.00 e. The van der Waals surface area contributed by atoms with Crippen LogP contribution in [0.4, 0.5) is 0 Å². The van der Waals surface area contributed by atoms with Crippen molar-refractivity contribution in [3.8, 4) is 0 Å². The van der Waals surface area contributed by atoms with Crippen LogP contribution in [-0.2, 0) is 19.2 Å².